The Morgan fingerprint density at radius 1 is 1.07 bits per heavy atom. The highest BCUT2D eigenvalue weighted by atomic mass is 31.2. The molecule has 5 heteroatoms. The van der Waals surface area contributed by atoms with Crippen LogP contribution in [0.4, 0.5) is 0 Å². The summed E-state index contributed by atoms with van der Waals surface area (Å²) in [5.41, 5.74) is 0. The van der Waals surface area contributed by atoms with E-state index in [9.17, 15) is 4.57 Å². The highest BCUT2D eigenvalue weighted by molar-refractivity contribution is 7.53. The molecule has 0 aromatic rings. The smallest absolute Gasteiger partial charge is 0.308 e. The molecule has 0 amide bonds. The first kappa shape index (κ1) is 14.1. The lowest BCUT2D eigenvalue weighted by Crippen LogP contribution is -2.16. The van der Waals surface area contributed by atoms with E-state index in [2.05, 4.69) is 0 Å². The van der Waals surface area contributed by atoms with E-state index in [1.54, 1.807) is 0 Å². The summed E-state index contributed by atoms with van der Waals surface area (Å²) in [6.45, 7) is 4.96. The number of hydrogen-bond donors (Lipinski definition) is 0. The minimum absolute atomic E-state index is 0.354. The maximum Gasteiger partial charge on any atom is 0.344 e. The Balaban J connectivity index is 4.11. The summed E-state index contributed by atoms with van der Waals surface area (Å²) in [6, 6.07) is 0. The Morgan fingerprint density at radius 2 is 1.50 bits per heavy atom. The van der Waals surface area contributed by atoms with E-state index >= 15 is 0 Å². The number of nitrogens with zero attached hydrogens (tertiary/aromatic N) is 1. The normalized spacial score (nSPS) is 12.4. The topological polar surface area (TPSA) is 38.8 Å². The van der Waals surface area contributed by atoms with Crippen LogP contribution in [0.2, 0.25) is 0 Å². The third-order valence-electron chi connectivity index (χ3n) is 1.44. The summed E-state index contributed by atoms with van der Waals surface area (Å²) in [5.74, 6) is 0. The highest BCUT2D eigenvalue weighted by Crippen LogP contribution is 2.48. The molecular weight excluding hydrogens is 201 g/mol. The zero-order chi connectivity index (χ0) is 11.0. The van der Waals surface area contributed by atoms with E-state index in [0.29, 0.717) is 19.5 Å². The zero-order valence-electron chi connectivity index (χ0n) is 9.65. The van der Waals surface area contributed by atoms with E-state index < -0.39 is 7.60 Å². The number of hydrogen-bond acceptors (Lipinski definition) is 4. The predicted octanol–water partition coefficient (Wildman–Crippen LogP) is 2.55. The first-order valence-electron chi connectivity index (χ1n) is 5.07. The van der Waals surface area contributed by atoms with Crippen molar-refractivity contribution >= 4 is 7.60 Å². The van der Waals surface area contributed by atoms with Crippen LogP contribution in [0.15, 0.2) is 0 Å². The molecule has 0 radical (unpaired) electrons. The van der Waals surface area contributed by atoms with Crippen molar-refractivity contribution in [2.45, 2.75) is 26.7 Å². The molecule has 0 fully saturated rings. The molecule has 0 saturated carbocycles. The van der Waals surface area contributed by atoms with Gasteiger partial charge in [0.2, 0.25) is 0 Å². The summed E-state index contributed by atoms with van der Waals surface area (Å²) < 4.78 is 22.6. The van der Waals surface area contributed by atoms with Crippen LogP contribution in [0.5, 0.6) is 0 Å². The predicted molar refractivity (Wildman–Crippen MR) is 58.6 cm³/mol. The average molecular weight is 223 g/mol. The Bertz CT molecular complexity index is 173. The van der Waals surface area contributed by atoms with Gasteiger partial charge in [0.25, 0.3) is 0 Å². The Kier molecular flexibility index (Phi) is 7.47. The Labute approximate surface area is 87.1 Å². The van der Waals surface area contributed by atoms with Crippen molar-refractivity contribution in [2.24, 2.45) is 0 Å². The van der Waals surface area contributed by atoms with Gasteiger partial charge in [0.05, 0.1) is 13.2 Å². The molecule has 0 aliphatic rings. The van der Waals surface area contributed by atoms with Crippen molar-refractivity contribution in [1.82, 2.24) is 4.90 Å². The fraction of sp³-hybridized carbons (Fsp3) is 1.00. The van der Waals surface area contributed by atoms with Crippen LogP contribution in [-0.4, -0.2) is 38.5 Å². The Morgan fingerprint density at radius 3 is 1.79 bits per heavy atom. The monoisotopic (exact) mass is 223 g/mol. The van der Waals surface area contributed by atoms with Gasteiger partial charge in [-0.25, -0.2) is 0 Å². The van der Waals surface area contributed by atoms with Gasteiger partial charge >= 0.3 is 7.60 Å². The molecule has 0 unspecified atom stereocenters. The summed E-state index contributed by atoms with van der Waals surface area (Å²) in [5, 5.41) is 0. The van der Waals surface area contributed by atoms with Crippen molar-refractivity contribution in [2.75, 3.05) is 33.6 Å². The molecule has 0 aliphatic carbocycles. The second-order valence-corrected chi connectivity index (χ2v) is 5.52. The van der Waals surface area contributed by atoms with Crippen LogP contribution in [-0.2, 0) is 13.6 Å². The molecule has 0 rings (SSSR count). The van der Waals surface area contributed by atoms with Crippen LogP contribution in [0.25, 0.3) is 0 Å². The van der Waals surface area contributed by atoms with Crippen molar-refractivity contribution in [3.05, 3.63) is 0 Å². The molecule has 0 aromatic heterocycles. The summed E-state index contributed by atoms with van der Waals surface area (Å²) in [7, 11) is 0.834. The molecule has 0 atom stereocenters. The van der Waals surface area contributed by atoms with Crippen molar-refractivity contribution in [1.29, 1.82) is 0 Å². The van der Waals surface area contributed by atoms with Gasteiger partial charge in [0.15, 0.2) is 0 Å². The van der Waals surface area contributed by atoms with Crippen LogP contribution < -0.4 is 0 Å². The maximum atomic E-state index is 12.1. The molecule has 0 saturated heterocycles. The van der Waals surface area contributed by atoms with E-state index in [1.807, 2.05) is 32.8 Å². The van der Waals surface area contributed by atoms with E-state index in [0.717, 1.165) is 12.8 Å². The largest absolute Gasteiger partial charge is 0.344 e. The van der Waals surface area contributed by atoms with E-state index in [1.165, 1.54) is 0 Å². The van der Waals surface area contributed by atoms with Crippen molar-refractivity contribution in [3.8, 4) is 0 Å². The average Bonchev–Trinajstić information content (AvgIpc) is 2.11. The highest BCUT2D eigenvalue weighted by Gasteiger charge is 2.24. The van der Waals surface area contributed by atoms with Gasteiger partial charge in [-0.2, -0.15) is 0 Å². The lowest BCUT2D eigenvalue weighted by atomic mass is 10.5. The van der Waals surface area contributed by atoms with Crippen LogP contribution >= 0.6 is 7.60 Å². The van der Waals surface area contributed by atoms with E-state index in [-0.39, 0.29) is 0 Å². The summed E-state index contributed by atoms with van der Waals surface area (Å²) in [6.07, 6.45) is 2.06. The zero-order valence-corrected chi connectivity index (χ0v) is 10.5. The lowest BCUT2D eigenvalue weighted by molar-refractivity contribution is 0.194. The molecule has 0 bridgehead atoms. The van der Waals surface area contributed by atoms with Gasteiger partial charge in [-0.15, -0.1) is 0 Å². The van der Waals surface area contributed by atoms with Gasteiger partial charge in [0.1, 0.15) is 6.29 Å². The SMILES string of the molecule is CCCOP(=O)(CN(C)C)OCCC. The minimum Gasteiger partial charge on any atom is -0.308 e. The second kappa shape index (κ2) is 7.41. The van der Waals surface area contributed by atoms with Gasteiger partial charge in [-0.1, -0.05) is 13.8 Å². The second-order valence-electron chi connectivity index (χ2n) is 3.50. The third kappa shape index (κ3) is 6.55. The van der Waals surface area contributed by atoms with Gasteiger partial charge < -0.3 is 9.05 Å². The van der Waals surface area contributed by atoms with Crippen LogP contribution in [0.1, 0.15) is 26.7 Å². The standard InChI is InChI=1S/C9H22NO3P/c1-5-7-12-14(11,9-10(3)4)13-8-6-2/h5-9H2,1-4H3. The summed E-state index contributed by atoms with van der Waals surface area (Å²) >= 11 is 0. The van der Waals surface area contributed by atoms with Crippen molar-refractivity contribution in [3.63, 3.8) is 0 Å². The molecule has 0 heterocycles. The van der Waals surface area contributed by atoms with Gasteiger partial charge in [0, 0.05) is 0 Å². The molecule has 0 aromatic carbocycles. The van der Waals surface area contributed by atoms with Gasteiger partial charge in [-0.3, -0.25) is 9.46 Å². The minimum atomic E-state index is -2.88. The molecule has 0 N–H and O–H groups in total. The summed E-state index contributed by atoms with van der Waals surface area (Å²) in [4.78, 5) is 1.83. The maximum absolute atomic E-state index is 12.1. The van der Waals surface area contributed by atoms with E-state index in [4.69, 9.17) is 9.05 Å². The van der Waals surface area contributed by atoms with Crippen LogP contribution in [0, 0.1) is 0 Å². The van der Waals surface area contributed by atoms with Gasteiger partial charge in [-0.05, 0) is 26.9 Å². The molecular formula is C9H22NO3P. The molecule has 86 valence electrons. The third-order valence-corrected chi connectivity index (χ3v) is 3.50. The fourth-order valence-corrected chi connectivity index (χ4v) is 2.78. The first-order valence-corrected chi connectivity index (χ1v) is 6.79. The van der Waals surface area contributed by atoms with Crippen molar-refractivity contribution < 1.29 is 13.6 Å². The first-order chi connectivity index (χ1) is 6.54. The fourth-order valence-electron chi connectivity index (χ4n) is 0.926. The Hall–Kier alpha value is 0.110. The quantitative estimate of drug-likeness (QED) is 0.593. The molecule has 0 aliphatic heterocycles. The molecule has 0 spiro atoms. The lowest BCUT2D eigenvalue weighted by Gasteiger charge is -2.21. The molecule has 4 nitrogen and oxygen atoms in total. The van der Waals surface area contributed by atoms with Crippen LogP contribution in [0.3, 0.4) is 0 Å². The molecule has 14 heavy (non-hydrogen) atoms. The number of rotatable bonds is 8.